The van der Waals surface area contributed by atoms with Gasteiger partial charge in [0.1, 0.15) is 11.1 Å². The second kappa shape index (κ2) is 16.3. The largest absolute Gasteiger partial charge is 0.478 e. The van der Waals surface area contributed by atoms with Crippen LogP contribution in [-0.4, -0.2) is 68.5 Å². The molecular formula is C38H36F3N3O7S. The van der Waals surface area contributed by atoms with Crippen molar-refractivity contribution < 1.29 is 47.2 Å². The lowest BCUT2D eigenvalue weighted by molar-refractivity contribution is -0.245. The van der Waals surface area contributed by atoms with Crippen LogP contribution in [0.5, 0.6) is 0 Å². The molecule has 2 saturated heterocycles. The molecule has 0 aliphatic carbocycles. The van der Waals surface area contributed by atoms with Crippen molar-refractivity contribution in [1.29, 1.82) is 0 Å². The molecule has 0 spiro atoms. The number of carboxylic acids is 1. The summed E-state index contributed by atoms with van der Waals surface area (Å²) in [4.78, 5) is 41.2. The molecule has 3 heterocycles. The van der Waals surface area contributed by atoms with Gasteiger partial charge in [0, 0.05) is 37.0 Å². The summed E-state index contributed by atoms with van der Waals surface area (Å²) >= 11 is 1.30. The van der Waals surface area contributed by atoms with Crippen molar-refractivity contribution >= 4 is 29.5 Å². The first-order valence-corrected chi connectivity index (χ1v) is 17.6. The summed E-state index contributed by atoms with van der Waals surface area (Å²) in [5.74, 6) is -3.25. The van der Waals surface area contributed by atoms with E-state index in [1.165, 1.54) is 17.8 Å². The monoisotopic (exact) mass is 735 g/mol. The summed E-state index contributed by atoms with van der Waals surface area (Å²) in [5.41, 5.74) is 5.01. The zero-order valence-electron chi connectivity index (χ0n) is 27.8. The van der Waals surface area contributed by atoms with E-state index in [-0.39, 0.29) is 43.9 Å². The first-order valence-electron chi connectivity index (χ1n) is 16.7. The lowest BCUT2D eigenvalue weighted by Crippen LogP contribution is -2.50. The van der Waals surface area contributed by atoms with Crippen LogP contribution in [0.25, 0.3) is 11.1 Å². The van der Waals surface area contributed by atoms with Crippen LogP contribution in [0.1, 0.15) is 64.3 Å². The zero-order chi connectivity index (χ0) is 36.8. The van der Waals surface area contributed by atoms with Crippen LogP contribution in [0.4, 0.5) is 13.2 Å². The molecule has 14 heteroatoms. The van der Waals surface area contributed by atoms with Gasteiger partial charge in [0.05, 0.1) is 24.4 Å². The number of alkyl halides is 3. The fraction of sp³-hybridized carbons (Fsp3) is 0.316. The lowest BCUT2D eigenvalue weighted by Gasteiger charge is -2.36. The van der Waals surface area contributed by atoms with Gasteiger partial charge in [-0.3, -0.25) is 9.59 Å². The van der Waals surface area contributed by atoms with Gasteiger partial charge in [-0.25, -0.2) is 9.78 Å². The predicted molar refractivity (Wildman–Crippen MR) is 185 cm³/mol. The number of aromatic nitrogens is 1. The number of aromatic carboxylic acids is 1. The van der Waals surface area contributed by atoms with E-state index >= 15 is 0 Å². The highest BCUT2D eigenvalue weighted by molar-refractivity contribution is 7.99. The van der Waals surface area contributed by atoms with E-state index in [0.29, 0.717) is 28.5 Å². The number of rotatable bonds is 11. The third-order valence-electron chi connectivity index (χ3n) is 8.99. The molecule has 4 atom stereocenters. The molecule has 2 aliphatic heterocycles. The highest BCUT2D eigenvalue weighted by Crippen LogP contribution is 2.40. The smallest absolute Gasteiger partial charge is 0.471 e. The highest BCUT2D eigenvalue weighted by Gasteiger charge is 2.47. The van der Waals surface area contributed by atoms with Gasteiger partial charge in [0.25, 0.3) is 0 Å². The number of aliphatic hydroxyl groups is 1. The van der Waals surface area contributed by atoms with Gasteiger partial charge in [0.2, 0.25) is 5.91 Å². The number of nitrogens with one attached hydrogen (secondary N) is 1. The Hall–Kier alpha value is -4.76. The van der Waals surface area contributed by atoms with Crippen molar-refractivity contribution in [3.8, 4) is 11.1 Å². The van der Waals surface area contributed by atoms with E-state index < -0.39 is 36.3 Å². The van der Waals surface area contributed by atoms with Crippen LogP contribution in [-0.2, 0) is 32.2 Å². The first kappa shape index (κ1) is 37.0. The number of likely N-dealkylation sites (tertiary alicyclic amines) is 1. The SMILES string of the molecule is O=C(O)c1cccnc1SC[C@H]1C[C@@H](c2ccc(CO)cc2)O[C@@H](c2ccc(-c3cccc(CNC(=O)[C@@H]4CCCN4C(=O)C(F)(F)F)c3)cc2)O1. The second-order valence-electron chi connectivity index (χ2n) is 12.5. The Morgan fingerprint density at radius 3 is 2.38 bits per heavy atom. The Morgan fingerprint density at radius 1 is 0.923 bits per heavy atom. The number of nitrogens with zero attached hydrogens (tertiary/aromatic N) is 2. The van der Waals surface area contributed by atoms with E-state index in [2.05, 4.69) is 10.3 Å². The number of halogens is 3. The molecule has 6 rings (SSSR count). The molecule has 3 aromatic carbocycles. The van der Waals surface area contributed by atoms with Crippen LogP contribution in [0, 0.1) is 0 Å². The van der Waals surface area contributed by atoms with E-state index in [1.807, 2.05) is 66.7 Å². The molecule has 0 radical (unpaired) electrons. The highest BCUT2D eigenvalue weighted by atomic mass is 32.2. The number of carbonyl (C=O) groups is 3. The molecule has 0 saturated carbocycles. The molecule has 272 valence electrons. The minimum atomic E-state index is -5.04. The Kier molecular flexibility index (Phi) is 11.6. The fourth-order valence-corrected chi connectivity index (χ4v) is 7.31. The van der Waals surface area contributed by atoms with Gasteiger partial charge in [0.15, 0.2) is 6.29 Å². The summed E-state index contributed by atoms with van der Waals surface area (Å²) in [5, 5.41) is 22.2. The van der Waals surface area contributed by atoms with Crippen LogP contribution in [0.3, 0.4) is 0 Å². The number of carboxylic acid groups (broad SMARTS) is 1. The van der Waals surface area contributed by atoms with E-state index in [4.69, 9.17) is 9.47 Å². The average molecular weight is 736 g/mol. The molecule has 52 heavy (non-hydrogen) atoms. The quantitative estimate of drug-likeness (QED) is 0.149. The topological polar surface area (TPSA) is 138 Å². The van der Waals surface area contributed by atoms with Crippen molar-refractivity contribution in [3.05, 3.63) is 119 Å². The molecule has 3 N–H and O–H groups in total. The standard InChI is InChI=1S/C38H36F3N3O7S/c39-38(40,41)37(49)44-17-3-7-31(44)33(46)43-20-24-4-1-5-28(18-24)25-12-14-27(15-13-25)36-50-29(22-52-34-30(35(47)48)6-2-16-42-34)19-32(51-36)26-10-8-23(21-45)9-11-26/h1-2,4-6,8-16,18,29,31-32,36,45H,3,7,17,19-22H2,(H,43,46)(H,47,48)/t29-,31+,32+,36+/m1/s1. The van der Waals surface area contributed by atoms with Gasteiger partial charge >= 0.3 is 18.1 Å². The molecule has 2 amide bonds. The molecular weight excluding hydrogens is 699 g/mol. The zero-order valence-corrected chi connectivity index (χ0v) is 28.6. The average Bonchev–Trinajstić information content (AvgIpc) is 3.66. The summed E-state index contributed by atoms with van der Waals surface area (Å²) < 4.78 is 51.9. The number of amides is 2. The van der Waals surface area contributed by atoms with Crippen LogP contribution in [0.15, 0.2) is 96.2 Å². The number of benzene rings is 3. The van der Waals surface area contributed by atoms with Gasteiger partial charge in [-0.1, -0.05) is 66.7 Å². The van der Waals surface area contributed by atoms with Crippen molar-refractivity contribution in [3.63, 3.8) is 0 Å². The Bertz CT molecular complexity index is 1890. The van der Waals surface area contributed by atoms with Crippen molar-refractivity contribution in [2.24, 2.45) is 0 Å². The Labute approximate surface area is 302 Å². The van der Waals surface area contributed by atoms with Gasteiger partial charge in [-0.05, 0) is 58.9 Å². The molecule has 2 fully saturated rings. The maximum atomic E-state index is 13.0. The number of ether oxygens (including phenoxy) is 2. The number of hydrogen-bond donors (Lipinski definition) is 3. The predicted octanol–water partition coefficient (Wildman–Crippen LogP) is 6.45. The second-order valence-corrected chi connectivity index (χ2v) is 13.5. The molecule has 4 aromatic rings. The number of hydrogen-bond acceptors (Lipinski definition) is 8. The summed E-state index contributed by atoms with van der Waals surface area (Å²) in [7, 11) is 0. The number of thioether (sulfide) groups is 1. The fourth-order valence-electron chi connectivity index (χ4n) is 6.31. The number of pyridine rings is 1. The van der Waals surface area contributed by atoms with Crippen LogP contribution >= 0.6 is 11.8 Å². The minimum absolute atomic E-state index is 0.0750. The van der Waals surface area contributed by atoms with E-state index in [9.17, 15) is 37.8 Å². The summed E-state index contributed by atoms with van der Waals surface area (Å²) in [6, 6.07) is 24.4. The van der Waals surface area contributed by atoms with E-state index in [0.717, 1.165) is 33.4 Å². The van der Waals surface area contributed by atoms with E-state index in [1.54, 1.807) is 18.3 Å². The van der Waals surface area contributed by atoms with Gasteiger partial charge < -0.3 is 29.9 Å². The third-order valence-corrected chi connectivity index (χ3v) is 10.1. The van der Waals surface area contributed by atoms with Crippen molar-refractivity contribution in [2.75, 3.05) is 12.3 Å². The first-order chi connectivity index (χ1) is 25.0. The molecule has 1 aromatic heterocycles. The maximum Gasteiger partial charge on any atom is 0.471 e. The molecule has 2 aliphatic rings. The minimum Gasteiger partial charge on any atom is -0.478 e. The molecule has 0 bridgehead atoms. The summed E-state index contributed by atoms with van der Waals surface area (Å²) in [6.45, 7) is -0.120. The van der Waals surface area contributed by atoms with Gasteiger partial charge in [-0.15, -0.1) is 11.8 Å². The van der Waals surface area contributed by atoms with Crippen molar-refractivity contribution in [1.82, 2.24) is 15.2 Å². The summed E-state index contributed by atoms with van der Waals surface area (Å²) in [6.07, 6.45) is -3.88. The Balaban J connectivity index is 1.14. The lowest BCUT2D eigenvalue weighted by atomic mass is 9.99. The van der Waals surface area contributed by atoms with Crippen LogP contribution in [0.2, 0.25) is 0 Å². The van der Waals surface area contributed by atoms with Crippen molar-refractivity contribution in [2.45, 2.75) is 68.2 Å². The molecule has 10 nitrogen and oxygen atoms in total. The number of carbonyl (C=O) groups excluding carboxylic acids is 2. The maximum absolute atomic E-state index is 13.0. The normalized spacial score (nSPS) is 20.4. The number of aliphatic hydroxyl groups excluding tert-OH is 1. The van der Waals surface area contributed by atoms with Crippen LogP contribution < -0.4 is 5.32 Å². The molecule has 0 unspecified atom stereocenters. The van der Waals surface area contributed by atoms with Gasteiger partial charge in [-0.2, -0.15) is 13.2 Å². The third kappa shape index (κ3) is 8.81. The Morgan fingerprint density at radius 2 is 1.67 bits per heavy atom.